The molecule has 2 amide bonds. The first-order chi connectivity index (χ1) is 7.14. The summed E-state index contributed by atoms with van der Waals surface area (Å²) in [6, 6.07) is 0. The van der Waals surface area contributed by atoms with Crippen molar-refractivity contribution in [2.24, 2.45) is 28.2 Å². The smallest absolute Gasteiger partial charge is 0.220 e. The monoisotopic (exact) mass is 226 g/mol. The number of hydrogen-bond acceptors (Lipinski definition) is 2. The Labute approximate surface area is 96.8 Å². The van der Waals surface area contributed by atoms with Crippen molar-refractivity contribution in [2.45, 2.75) is 46.5 Å². The van der Waals surface area contributed by atoms with Crippen molar-refractivity contribution in [3.05, 3.63) is 0 Å². The molecule has 0 aromatic rings. The Bertz CT molecular complexity index is 312. The molecule has 92 valence electrons. The number of hydrogen-bond donors (Lipinski definition) is 2. The van der Waals surface area contributed by atoms with Crippen molar-refractivity contribution in [2.75, 3.05) is 0 Å². The summed E-state index contributed by atoms with van der Waals surface area (Å²) in [6.45, 7) is 6.25. The van der Waals surface area contributed by atoms with E-state index in [9.17, 15) is 9.59 Å². The van der Waals surface area contributed by atoms with Crippen molar-refractivity contribution in [1.82, 2.24) is 0 Å². The van der Waals surface area contributed by atoms with Gasteiger partial charge in [-0.1, -0.05) is 20.8 Å². The minimum Gasteiger partial charge on any atom is -0.370 e. The van der Waals surface area contributed by atoms with Gasteiger partial charge < -0.3 is 11.5 Å². The molecule has 1 saturated carbocycles. The molecule has 0 radical (unpaired) electrons. The van der Waals surface area contributed by atoms with Crippen LogP contribution in [0.5, 0.6) is 0 Å². The summed E-state index contributed by atoms with van der Waals surface area (Å²) in [6.07, 6.45) is 2.72. The normalized spacial score (nSPS) is 33.3. The Morgan fingerprint density at radius 1 is 1.19 bits per heavy atom. The second-order valence-electron chi connectivity index (χ2n) is 6.30. The number of rotatable bonds is 3. The van der Waals surface area contributed by atoms with Gasteiger partial charge in [0.25, 0.3) is 0 Å². The van der Waals surface area contributed by atoms with Crippen molar-refractivity contribution in [3.63, 3.8) is 0 Å². The largest absolute Gasteiger partial charge is 0.370 e. The second-order valence-corrected chi connectivity index (χ2v) is 6.30. The third kappa shape index (κ3) is 3.22. The summed E-state index contributed by atoms with van der Waals surface area (Å²) in [4.78, 5) is 22.4. The Morgan fingerprint density at radius 3 is 2.19 bits per heavy atom. The molecule has 2 atom stereocenters. The fourth-order valence-corrected chi connectivity index (χ4v) is 3.39. The summed E-state index contributed by atoms with van der Waals surface area (Å²) >= 11 is 0. The lowest BCUT2D eigenvalue weighted by atomic mass is 9.59. The summed E-state index contributed by atoms with van der Waals surface area (Å²) < 4.78 is 0. The quantitative estimate of drug-likeness (QED) is 0.757. The minimum absolute atomic E-state index is 0.0438. The van der Waals surface area contributed by atoms with Gasteiger partial charge >= 0.3 is 0 Å². The predicted octanol–water partition coefficient (Wildman–Crippen LogP) is 1.18. The van der Waals surface area contributed by atoms with Gasteiger partial charge in [0, 0.05) is 12.3 Å². The van der Waals surface area contributed by atoms with Crippen molar-refractivity contribution < 1.29 is 9.59 Å². The van der Waals surface area contributed by atoms with Crippen molar-refractivity contribution in [3.8, 4) is 0 Å². The highest BCUT2D eigenvalue weighted by atomic mass is 16.1. The topological polar surface area (TPSA) is 86.2 Å². The van der Waals surface area contributed by atoms with Crippen LogP contribution in [0.15, 0.2) is 0 Å². The van der Waals surface area contributed by atoms with Gasteiger partial charge in [-0.05, 0) is 30.1 Å². The first-order valence-corrected chi connectivity index (χ1v) is 5.71. The Hall–Kier alpha value is -1.06. The highest BCUT2D eigenvalue weighted by Gasteiger charge is 2.43. The van der Waals surface area contributed by atoms with Crippen molar-refractivity contribution in [1.29, 1.82) is 0 Å². The maximum atomic E-state index is 11.3. The number of nitrogens with two attached hydrogens (primary N) is 2. The van der Waals surface area contributed by atoms with Crippen LogP contribution in [0.3, 0.4) is 0 Å². The predicted molar refractivity (Wildman–Crippen MR) is 62.2 cm³/mol. The Balaban J connectivity index is 2.86. The number of carbonyl (C=O) groups is 2. The van der Waals surface area contributed by atoms with Gasteiger partial charge in [0.05, 0.1) is 0 Å². The van der Waals surface area contributed by atoms with Gasteiger partial charge in [-0.3, -0.25) is 9.59 Å². The summed E-state index contributed by atoms with van der Waals surface area (Å²) in [5, 5.41) is 0. The molecule has 1 aliphatic carbocycles. The Morgan fingerprint density at radius 2 is 1.75 bits per heavy atom. The molecule has 0 bridgehead atoms. The van der Waals surface area contributed by atoms with Crippen LogP contribution in [-0.4, -0.2) is 11.8 Å². The average molecular weight is 226 g/mol. The lowest BCUT2D eigenvalue weighted by Gasteiger charge is -2.45. The summed E-state index contributed by atoms with van der Waals surface area (Å²) in [5.41, 5.74) is 10.5. The van der Waals surface area contributed by atoms with Gasteiger partial charge in [0.2, 0.25) is 11.8 Å². The van der Waals surface area contributed by atoms with Gasteiger partial charge in [-0.2, -0.15) is 0 Å². The van der Waals surface area contributed by atoms with Crippen LogP contribution in [0.4, 0.5) is 0 Å². The molecule has 1 aliphatic rings. The van der Waals surface area contributed by atoms with Crippen LogP contribution in [0.2, 0.25) is 0 Å². The van der Waals surface area contributed by atoms with E-state index in [1.54, 1.807) is 0 Å². The molecular formula is C12H22N2O2. The molecule has 0 aromatic carbocycles. The van der Waals surface area contributed by atoms with E-state index in [0.29, 0.717) is 12.8 Å². The second kappa shape index (κ2) is 4.07. The maximum Gasteiger partial charge on any atom is 0.220 e. The number of primary amides is 2. The molecule has 4 nitrogen and oxygen atoms in total. The molecule has 2 unspecified atom stereocenters. The first-order valence-electron chi connectivity index (χ1n) is 5.71. The third-order valence-electron chi connectivity index (χ3n) is 3.45. The van der Waals surface area contributed by atoms with Crippen LogP contribution in [0, 0.1) is 16.7 Å². The molecule has 4 heteroatoms. The van der Waals surface area contributed by atoms with Crippen LogP contribution in [0.25, 0.3) is 0 Å². The van der Waals surface area contributed by atoms with Crippen LogP contribution >= 0.6 is 0 Å². The highest BCUT2D eigenvalue weighted by molar-refractivity contribution is 5.77. The molecule has 0 spiro atoms. The molecule has 0 aromatic heterocycles. The summed E-state index contributed by atoms with van der Waals surface area (Å²) in [7, 11) is 0. The van der Waals surface area contributed by atoms with Crippen LogP contribution < -0.4 is 11.5 Å². The highest BCUT2D eigenvalue weighted by Crippen LogP contribution is 2.50. The SMILES string of the molecule is CC1(C)CC(C(N)=O)CC(C)(CC(N)=O)C1. The van der Waals surface area contributed by atoms with E-state index >= 15 is 0 Å². The Kier molecular flexibility index (Phi) is 3.31. The number of amides is 2. The standard InChI is InChI=1S/C12H22N2O2/c1-11(2)4-8(10(14)16)5-12(3,7-11)6-9(13)15/h8H,4-7H2,1-3H3,(H2,13,15)(H2,14,16). The van der Waals surface area contributed by atoms with Crippen LogP contribution in [0.1, 0.15) is 46.5 Å². The lowest BCUT2D eigenvalue weighted by molar-refractivity contribution is -0.129. The molecule has 0 heterocycles. The molecular weight excluding hydrogens is 204 g/mol. The van der Waals surface area contributed by atoms with E-state index in [1.165, 1.54) is 0 Å². The van der Waals surface area contributed by atoms with Crippen LogP contribution in [-0.2, 0) is 9.59 Å². The van der Waals surface area contributed by atoms with Gasteiger partial charge in [-0.15, -0.1) is 0 Å². The fraction of sp³-hybridized carbons (Fsp3) is 0.833. The first kappa shape index (κ1) is 13.0. The lowest BCUT2D eigenvalue weighted by Crippen LogP contribution is -2.42. The van der Waals surface area contributed by atoms with E-state index < -0.39 is 0 Å². The zero-order valence-electron chi connectivity index (χ0n) is 10.4. The molecule has 16 heavy (non-hydrogen) atoms. The molecule has 4 N–H and O–H groups in total. The van der Waals surface area contributed by atoms with E-state index in [4.69, 9.17) is 11.5 Å². The zero-order valence-corrected chi connectivity index (χ0v) is 10.4. The molecule has 1 fully saturated rings. The average Bonchev–Trinajstić information content (AvgIpc) is 1.96. The molecule has 1 rings (SSSR count). The fourth-order valence-electron chi connectivity index (χ4n) is 3.39. The summed E-state index contributed by atoms with van der Waals surface area (Å²) in [5.74, 6) is -0.694. The van der Waals surface area contributed by atoms with Gasteiger partial charge in [-0.25, -0.2) is 0 Å². The van der Waals surface area contributed by atoms with Gasteiger partial charge in [0.15, 0.2) is 0 Å². The van der Waals surface area contributed by atoms with E-state index in [1.807, 2.05) is 6.92 Å². The minimum atomic E-state index is -0.302. The zero-order chi connectivity index (χ0) is 12.6. The van der Waals surface area contributed by atoms with E-state index in [-0.39, 0.29) is 28.6 Å². The third-order valence-corrected chi connectivity index (χ3v) is 3.45. The maximum absolute atomic E-state index is 11.3. The van der Waals surface area contributed by atoms with Gasteiger partial charge in [0.1, 0.15) is 0 Å². The van der Waals surface area contributed by atoms with E-state index in [2.05, 4.69) is 13.8 Å². The molecule has 0 aliphatic heterocycles. The van der Waals surface area contributed by atoms with Crippen molar-refractivity contribution >= 4 is 11.8 Å². The van der Waals surface area contributed by atoms with E-state index in [0.717, 1.165) is 12.8 Å². The number of carbonyl (C=O) groups excluding carboxylic acids is 2. The molecule has 0 saturated heterocycles.